The lowest BCUT2D eigenvalue weighted by Gasteiger charge is -2.42. The van der Waals surface area contributed by atoms with E-state index in [1.165, 1.54) is 109 Å². The fraction of sp³-hybridized carbons (Fsp3) is 0.836. The van der Waals surface area contributed by atoms with Crippen LogP contribution in [0.4, 0.5) is 0 Å². The van der Waals surface area contributed by atoms with Crippen molar-refractivity contribution < 1.29 is 73.8 Å². The lowest BCUT2D eigenvalue weighted by Crippen LogP contribution is -2.61. The molecule has 11 unspecified atom stereocenters. The molecule has 0 spiro atoms. The van der Waals surface area contributed by atoms with Gasteiger partial charge >= 0.3 is 11.9 Å². The molecule has 0 radical (unpaired) electrons. The fourth-order valence-electron chi connectivity index (χ4n) is 9.40. The van der Waals surface area contributed by atoms with Crippen LogP contribution in [-0.4, -0.2) is 142 Å². The second-order valence-corrected chi connectivity index (χ2v) is 21.1. The molecular formula is C61H108O15. The monoisotopic (exact) mass is 1080 g/mol. The number of hydrogen-bond acceptors (Lipinski definition) is 15. The second-order valence-electron chi connectivity index (χ2n) is 21.1. The molecule has 11 atom stereocenters. The molecule has 0 saturated carbocycles. The smallest absolute Gasteiger partial charge is 0.306 e. The second kappa shape index (κ2) is 47.3. The molecule has 442 valence electrons. The van der Waals surface area contributed by atoms with E-state index >= 15 is 0 Å². The number of carbonyl (C=O) groups is 2. The van der Waals surface area contributed by atoms with Gasteiger partial charge in [-0.2, -0.15) is 0 Å². The zero-order chi connectivity index (χ0) is 55.3. The van der Waals surface area contributed by atoms with Crippen LogP contribution < -0.4 is 0 Å². The first-order valence-corrected chi connectivity index (χ1v) is 30.2. The SMILES string of the molecule is CC/C=C\C/C=C\C/C=C\CCCCCCCCCC(=O)OC(COC(=O)CCCCCCCCCCCCC/C=C\CCCCCCCCCC)COC1OC(COC2OC(CO)C(O)C(O)C2O)C(O)C(O)C1O. The van der Waals surface area contributed by atoms with Crippen LogP contribution in [0.3, 0.4) is 0 Å². The number of unbranched alkanes of at least 4 members (excludes halogenated alkanes) is 26. The van der Waals surface area contributed by atoms with Crippen molar-refractivity contribution in [3.05, 3.63) is 48.6 Å². The summed E-state index contributed by atoms with van der Waals surface area (Å²) in [7, 11) is 0. The van der Waals surface area contributed by atoms with Gasteiger partial charge in [0, 0.05) is 12.8 Å². The van der Waals surface area contributed by atoms with Gasteiger partial charge in [-0.15, -0.1) is 0 Å². The normalized spacial score (nSPS) is 24.6. The number of allylic oxidation sites excluding steroid dienone is 8. The van der Waals surface area contributed by atoms with Crippen molar-refractivity contribution >= 4 is 11.9 Å². The molecule has 0 aromatic carbocycles. The Morgan fingerprint density at radius 2 is 0.829 bits per heavy atom. The zero-order valence-electron chi connectivity index (χ0n) is 47.2. The summed E-state index contributed by atoms with van der Waals surface area (Å²) < 4.78 is 33.7. The van der Waals surface area contributed by atoms with E-state index in [0.717, 1.165) is 83.5 Å². The highest BCUT2D eigenvalue weighted by Crippen LogP contribution is 2.27. The van der Waals surface area contributed by atoms with Gasteiger partial charge in [0.25, 0.3) is 0 Å². The molecule has 2 aliphatic rings. The third-order valence-electron chi connectivity index (χ3n) is 14.3. The molecule has 0 amide bonds. The maximum atomic E-state index is 13.1. The molecule has 15 heteroatoms. The summed E-state index contributed by atoms with van der Waals surface area (Å²) in [5.74, 6) is -0.931. The van der Waals surface area contributed by atoms with E-state index in [9.17, 15) is 45.3 Å². The Labute approximate surface area is 458 Å². The van der Waals surface area contributed by atoms with Crippen molar-refractivity contribution in [3.63, 3.8) is 0 Å². The molecule has 0 aromatic rings. The Morgan fingerprint density at radius 1 is 0.434 bits per heavy atom. The highest BCUT2D eigenvalue weighted by atomic mass is 16.7. The van der Waals surface area contributed by atoms with Crippen LogP contribution in [0.5, 0.6) is 0 Å². The Balaban J connectivity index is 1.72. The molecule has 76 heavy (non-hydrogen) atoms. The van der Waals surface area contributed by atoms with Crippen molar-refractivity contribution in [2.75, 3.05) is 26.4 Å². The van der Waals surface area contributed by atoms with Gasteiger partial charge in [-0.3, -0.25) is 9.59 Å². The van der Waals surface area contributed by atoms with E-state index < -0.39 is 92.7 Å². The van der Waals surface area contributed by atoms with Gasteiger partial charge in [0.05, 0.1) is 19.8 Å². The van der Waals surface area contributed by atoms with E-state index in [1.807, 2.05) is 0 Å². The summed E-state index contributed by atoms with van der Waals surface area (Å²) in [6, 6.07) is 0. The summed E-state index contributed by atoms with van der Waals surface area (Å²) in [6.07, 6.45) is 38.5. The van der Waals surface area contributed by atoms with Gasteiger partial charge in [0.1, 0.15) is 55.4 Å². The summed E-state index contributed by atoms with van der Waals surface area (Å²) >= 11 is 0. The van der Waals surface area contributed by atoms with E-state index in [1.54, 1.807) is 0 Å². The standard InChI is InChI=1S/C61H108O15/c1-3-5-7-9-11-13-15-17-19-21-22-23-24-25-26-28-29-31-33-35-37-39-41-43-52(63)71-46-49(74-53(64)44-42-40-38-36-34-32-30-27-20-18-16-14-12-10-8-6-4-2)47-72-60-59(70)57(68)55(66)51(76-60)48-73-61-58(69)56(67)54(65)50(45-62)75-61/h6,8,12,14,18,20-22,49-51,54-62,65-70H,3-5,7,9-11,13,15-17,19,23-48H2,1-2H3/b8-6-,14-12-,20-18-,22-21-. The lowest BCUT2D eigenvalue weighted by atomic mass is 9.98. The predicted octanol–water partition coefficient (Wildman–Crippen LogP) is 10.6. The van der Waals surface area contributed by atoms with Gasteiger partial charge in [0.15, 0.2) is 18.7 Å². The van der Waals surface area contributed by atoms with Gasteiger partial charge in [-0.1, -0.05) is 197 Å². The molecule has 2 aliphatic heterocycles. The number of esters is 2. The van der Waals surface area contributed by atoms with Crippen molar-refractivity contribution in [3.8, 4) is 0 Å². The van der Waals surface area contributed by atoms with Gasteiger partial charge in [-0.25, -0.2) is 0 Å². The Hall–Kier alpha value is -2.54. The average molecular weight is 1080 g/mol. The molecule has 7 N–H and O–H groups in total. The highest BCUT2D eigenvalue weighted by Gasteiger charge is 2.47. The van der Waals surface area contributed by atoms with Crippen LogP contribution in [0.15, 0.2) is 48.6 Å². The number of rotatable bonds is 48. The minimum atomic E-state index is -1.77. The summed E-state index contributed by atoms with van der Waals surface area (Å²) in [5, 5.41) is 72.3. The number of hydrogen-bond donors (Lipinski definition) is 7. The van der Waals surface area contributed by atoms with Gasteiger partial charge in [0.2, 0.25) is 0 Å². The molecule has 2 rings (SSSR count). The van der Waals surface area contributed by atoms with E-state index in [0.29, 0.717) is 12.8 Å². The molecule has 2 saturated heterocycles. The third-order valence-corrected chi connectivity index (χ3v) is 14.3. The maximum absolute atomic E-state index is 13.1. The summed E-state index contributed by atoms with van der Waals surface area (Å²) in [5.41, 5.74) is 0. The van der Waals surface area contributed by atoms with Crippen LogP contribution in [-0.2, 0) is 38.0 Å². The topological polar surface area (TPSA) is 231 Å². The Morgan fingerprint density at radius 3 is 1.32 bits per heavy atom. The Kier molecular flexibility index (Phi) is 43.3. The van der Waals surface area contributed by atoms with Crippen molar-refractivity contribution in [2.24, 2.45) is 0 Å². The van der Waals surface area contributed by atoms with Crippen LogP contribution in [0, 0.1) is 0 Å². The molecule has 2 fully saturated rings. The molecule has 2 heterocycles. The first-order chi connectivity index (χ1) is 37.0. The predicted molar refractivity (Wildman–Crippen MR) is 298 cm³/mol. The fourth-order valence-corrected chi connectivity index (χ4v) is 9.40. The van der Waals surface area contributed by atoms with E-state index in [-0.39, 0.29) is 26.1 Å². The number of aliphatic hydroxyl groups excluding tert-OH is 7. The first kappa shape index (κ1) is 69.6. The lowest BCUT2D eigenvalue weighted by molar-refractivity contribution is -0.332. The summed E-state index contributed by atoms with van der Waals surface area (Å²) in [4.78, 5) is 25.9. The largest absolute Gasteiger partial charge is 0.462 e. The van der Waals surface area contributed by atoms with Crippen molar-refractivity contribution in [1.29, 1.82) is 0 Å². The molecule has 15 nitrogen and oxygen atoms in total. The quantitative estimate of drug-likeness (QED) is 0.0171. The Bertz CT molecular complexity index is 1500. The van der Waals surface area contributed by atoms with Crippen molar-refractivity contribution in [1.82, 2.24) is 0 Å². The third kappa shape index (κ3) is 33.8. The van der Waals surface area contributed by atoms with Crippen LogP contribution in [0.2, 0.25) is 0 Å². The van der Waals surface area contributed by atoms with Gasteiger partial charge < -0.3 is 64.2 Å². The average Bonchev–Trinajstić information content (AvgIpc) is 3.41. The highest BCUT2D eigenvalue weighted by molar-refractivity contribution is 5.70. The van der Waals surface area contributed by atoms with Crippen LogP contribution in [0.1, 0.15) is 232 Å². The van der Waals surface area contributed by atoms with Gasteiger partial charge in [-0.05, 0) is 70.6 Å². The summed E-state index contributed by atoms with van der Waals surface area (Å²) in [6.45, 7) is 2.50. The molecule has 0 bridgehead atoms. The van der Waals surface area contributed by atoms with Crippen LogP contribution in [0.25, 0.3) is 0 Å². The van der Waals surface area contributed by atoms with Crippen molar-refractivity contribution in [2.45, 2.75) is 300 Å². The van der Waals surface area contributed by atoms with E-state index in [2.05, 4.69) is 62.5 Å². The first-order valence-electron chi connectivity index (χ1n) is 30.2. The minimum absolute atomic E-state index is 0.153. The number of carbonyl (C=O) groups excluding carboxylic acids is 2. The van der Waals surface area contributed by atoms with E-state index in [4.69, 9.17) is 28.4 Å². The molecule has 0 aliphatic carbocycles. The minimum Gasteiger partial charge on any atom is -0.462 e. The zero-order valence-corrected chi connectivity index (χ0v) is 47.2. The van der Waals surface area contributed by atoms with Crippen LogP contribution >= 0.6 is 0 Å². The molecule has 0 aromatic heterocycles. The maximum Gasteiger partial charge on any atom is 0.306 e. The number of ether oxygens (including phenoxy) is 6. The molecular weight excluding hydrogens is 973 g/mol. The number of aliphatic hydroxyl groups is 7.